The van der Waals surface area contributed by atoms with Crippen molar-refractivity contribution in [1.29, 1.82) is 0 Å². The van der Waals surface area contributed by atoms with Crippen molar-refractivity contribution >= 4 is 28.3 Å². The van der Waals surface area contributed by atoms with Crippen LogP contribution in [0, 0.1) is 0 Å². The zero-order valence-electron chi connectivity index (χ0n) is 16.1. The third-order valence-corrected chi connectivity index (χ3v) is 5.02. The predicted molar refractivity (Wildman–Crippen MR) is 111 cm³/mol. The molecule has 0 aliphatic carbocycles. The number of anilines is 1. The lowest BCUT2D eigenvalue weighted by molar-refractivity contribution is -0.120. The number of benzene rings is 3. The zero-order valence-corrected chi connectivity index (χ0v) is 16.1. The van der Waals surface area contributed by atoms with E-state index in [4.69, 9.17) is 15.2 Å². The van der Waals surface area contributed by atoms with Gasteiger partial charge in [-0.15, -0.1) is 0 Å². The maximum Gasteiger partial charge on any atom is 0.255 e. The summed E-state index contributed by atoms with van der Waals surface area (Å²) in [5, 5.41) is 5.23. The van der Waals surface area contributed by atoms with Crippen molar-refractivity contribution in [3.8, 4) is 11.5 Å². The van der Waals surface area contributed by atoms with Crippen LogP contribution in [0.3, 0.4) is 0 Å². The molecule has 1 aliphatic heterocycles. The summed E-state index contributed by atoms with van der Waals surface area (Å²) in [6.07, 6.45) is 0.341. The summed E-state index contributed by atoms with van der Waals surface area (Å²) >= 11 is 0. The highest BCUT2D eigenvalue weighted by Gasteiger charge is 2.29. The summed E-state index contributed by atoms with van der Waals surface area (Å²) in [5.74, 6) is 0.284. The molecule has 0 saturated carbocycles. The average molecular weight is 390 g/mol. The predicted octanol–water partition coefficient (Wildman–Crippen LogP) is 3.58. The largest absolute Gasteiger partial charge is 0.490 e. The molecule has 6 heteroatoms. The fourth-order valence-corrected chi connectivity index (χ4v) is 3.83. The highest BCUT2D eigenvalue weighted by molar-refractivity contribution is 6.01. The van der Waals surface area contributed by atoms with E-state index in [9.17, 15) is 9.59 Å². The zero-order chi connectivity index (χ0) is 20.4. The van der Waals surface area contributed by atoms with E-state index in [0.717, 1.165) is 27.6 Å². The first-order chi connectivity index (χ1) is 14.1. The number of hydrogen-bond donors (Lipinski definition) is 2. The molecule has 0 aromatic heterocycles. The van der Waals surface area contributed by atoms with Gasteiger partial charge in [0, 0.05) is 18.0 Å². The molecule has 6 nitrogen and oxygen atoms in total. The Balaban J connectivity index is 1.81. The molecule has 1 aliphatic rings. The van der Waals surface area contributed by atoms with Crippen LogP contribution in [-0.4, -0.2) is 25.0 Å². The summed E-state index contributed by atoms with van der Waals surface area (Å²) in [6, 6.07) is 17.7. The topological polar surface area (TPSA) is 90.7 Å². The quantitative estimate of drug-likeness (QED) is 0.673. The van der Waals surface area contributed by atoms with Gasteiger partial charge >= 0.3 is 0 Å². The van der Waals surface area contributed by atoms with Crippen LogP contribution < -0.4 is 20.5 Å². The molecule has 1 heterocycles. The van der Waals surface area contributed by atoms with E-state index in [1.807, 2.05) is 43.3 Å². The van der Waals surface area contributed by atoms with Gasteiger partial charge < -0.3 is 20.5 Å². The molecule has 0 spiro atoms. The van der Waals surface area contributed by atoms with Gasteiger partial charge in [0.25, 0.3) is 5.91 Å². The second kappa shape index (κ2) is 7.83. The van der Waals surface area contributed by atoms with Gasteiger partial charge in [-0.2, -0.15) is 0 Å². The number of fused-ring (bicyclic) bond motifs is 3. The van der Waals surface area contributed by atoms with Crippen LogP contribution in [0.25, 0.3) is 10.8 Å². The second-order valence-corrected chi connectivity index (χ2v) is 6.95. The first kappa shape index (κ1) is 18.8. The molecule has 148 valence electrons. The number of carbonyl (C=O) groups is 2. The van der Waals surface area contributed by atoms with Gasteiger partial charge in [-0.25, -0.2) is 0 Å². The van der Waals surface area contributed by atoms with Crippen molar-refractivity contribution < 1.29 is 19.1 Å². The Kier molecular flexibility index (Phi) is 5.08. The van der Waals surface area contributed by atoms with Gasteiger partial charge in [0.1, 0.15) is 0 Å². The number of primary amides is 1. The Hall–Kier alpha value is -3.54. The van der Waals surface area contributed by atoms with Gasteiger partial charge in [-0.3, -0.25) is 9.59 Å². The number of hydrogen-bond acceptors (Lipinski definition) is 4. The molecule has 1 atom stereocenters. The molecule has 2 amide bonds. The van der Waals surface area contributed by atoms with Gasteiger partial charge in [0.05, 0.1) is 6.61 Å². The van der Waals surface area contributed by atoms with Crippen molar-refractivity contribution in [2.45, 2.75) is 19.3 Å². The van der Waals surface area contributed by atoms with E-state index in [1.54, 1.807) is 6.07 Å². The van der Waals surface area contributed by atoms with Crippen LogP contribution in [0.1, 0.15) is 30.4 Å². The number of nitrogens with two attached hydrogens (primary N) is 1. The summed E-state index contributed by atoms with van der Waals surface area (Å²) in [6.45, 7) is 2.10. The molecule has 0 bridgehead atoms. The van der Waals surface area contributed by atoms with Gasteiger partial charge in [0.15, 0.2) is 18.1 Å². The van der Waals surface area contributed by atoms with E-state index >= 15 is 0 Å². The van der Waals surface area contributed by atoms with Crippen molar-refractivity contribution in [3.05, 3.63) is 65.7 Å². The van der Waals surface area contributed by atoms with Crippen LogP contribution in [-0.2, 0) is 9.59 Å². The highest BCUT2D eigenvalue weighted by Crippen LogP contribution is 2.43. The molecule has 0 saturated heterocycles. The molecule has 0 unspecified atom stereocenters. The third-order valence-electron chi connectivity index (χ3n) is 5.02. The molecular weight excluding hydrogens is 368 g/mol. The lowest BCUT2D eigenvalue weighted by atomic mass is 9.82. The number of rotatable bonds is 6. The normalized spacial score (nSPS) is 15.5. The molecule has 29 heavy (non-hydrogen) atoms. The smallest absolute Gasteiger partial charge is 0.255 e. The van der Waals surface area contributed by atoms with E-state index in [2.05, 4.69) is 17.4 Å². The molecular formula is C23H22N2O4. The number of carbonyl (C=O) groups excluding carboxylic acids is 2. The number of ether oxygens (including phenoxy) is 2. The van der Waals surface area contributed by atoms with Crippen LogP contribution in [0.5, 0.6) is 11.5 Å². The van der Waals surface area contributed by atoms with Gasteiger partial charge in [-0.1, -0.05) is 36.4 Å². The maximum absolute atomic E-state index is 12.4. The fraction of sp³-hybridized carbons (Fsp3) is 0.217. The number of nitrogens with one attached hydrogen (secondary N) is 1. The minimum atomic E-state index is -0.555. The molecule has 0 fully saturated rings. The van der Waals surface area contributed by atoms with Crippen LogP contribution in [0.4, 0.5) is 5.69 Å². The van der Waals surface area contributed by atoms with E-state index < -0.39 is 5.91 Å². The van der Waals surface area contributed by atoms with Crippen LogP contribution in [0.2, 0.25) is 0 Å². The molecule has 3 aromatic rings. The number of amides is 2. The lowest BCUT2D eigenvalue weighted by Gasteiger charge is -2.28. The average Bonchev–Trinajstić information content (AvgIpc) is 2.72. The van der Waals surface area contributed by atoms with Crippen molar-refractivity contribution in [2.24, 2.45) is 5.73 Å². The first-order valence-corrected chi connectivity index (χ1v) is 9.56. The fourth-order valence-electron chi connectivity index (χ4n) is 3.83. The molecule has 3 aromatic carbocycles. The summed E-state index contributed by atoms with van der Waals surface area (Å²) in [5.41, 5.74) is 8.06. The molecule has 3 N–H and O–H groups in total. The molecule has 0 radical (unpaired) electrons. The SMILES string of the molecule is CCOc1cc([C@H]2CC(=O)Nc3ccc4ccccc4c32)ccc1OCC(N)=O. The van der Waals surface area contributed by atoms with E-state index in [1.165, 1.54) is 0 Å². The van der Waals surface area contributed by atoms with Crippen molar-refractivity contribution in [1.82, 2.24) is 0 Å². The highest BCUT2D eigenvalue weighted by atomic mass is 16.5. The third kappa shape index (κ3) is 3.74. The summed E-state index contributed by atoms with van der Waals surface area (Å²) in [7, 11) is 0. The Bertz CT molecular complexity index is 1090. The van der Waals surface area contributed by atoms with Crippen molar-refractivity contribution in [2.75, 3.05) is 18.5 Å². The standard InChI is InChI=1S/C23H22N2O4/c1-2-28-20-11-15(8-10-19(20)29-13-21(24)26)17-12-22(27)25-18-9-7-14-5-3-4-6-16(14)23(17)18/h3-11,17H,2,12-13H2,1H3,(H2,24,26)(H,25,27)/t17-/m1/s1. The van der Waals surface area contributed by atoms with E-state index in [0.29, 0.717) is 24.5 Å². The second-order valence-electron chi connectivity index (χ2n) is 6.95. The summed E-state index contributed by atoms with van der Waals surface area (Å²) < 4.78 is 11.2. The summed E-state index contributed by atoms with van der Waals surface area (Å²) in [4.78, 5) is 23.4. The first-order valence-electron chi connectivity index (χ1n) is 9.56. The Morgan fingerprint density at radius 1 is 1.10 bits per heavy atom. The minimum Gasteiger partial charge on any atom is -0.490 e. The lowest BCUT2D eigenvalue weighted by Crippen LogP contribution is -2.24. The Morgan fingerprint density at radius 2 is 1.93 bits per heavy atom. The Labute approximate surface area is 168 Å². The maximum atomic E-state index is 12.4. The van der Waals surface area contributed by atoms with Gasteiger partial charge in [-0.05, 0) is 47.0 Å². The monoisotopic (exact) mass is 390 g/mol. The van der Waals surface area contributed by atoms with Crippen LogP contribution in [0.15, 0.2) is 54.6 Å². The van der Waals surface area contributed by atoms with Gasteiger partial charge in [0.2, 0.25) is 5.91 Å². The van der Waals surface area contributed by atoms with Crippen molar-refractivity contribution in [3.63, 3.8) is 0 Å². The minimum absolute atomic E-state index is 0.0233. The van der Waals surface area contributed by atoms with E-state index in [-0.39, 0.29) is 18.4 Å². The van der Waals surface area contributed by atoms with Crippen LogP contribution >= 0.6 is 0 Å². The molecule has 4 rings (SSSR count). The Morgan fingerprint density at radius 3 is 2.72 bits per heavy atom.